The number of hydrogen-bond acceptors (Lipinski definition) is 4. The third kappa shape index (κ3) is 2.02. The average Bonchev–Trinajstić information content (AvgIpc) is 2.77. The normalized spacial score (nSPS) is 10.5. The molecule has 0 radical (unpaired) electrons. The number of nitro benzene ring substituents is 1. The minimum atomic E-state index is -0.415. The zero-order chi connectivity index (χ0) is 12.4. The molecule has 2 rings (SSSR count). The summed E-state index contributed by atoms with van der Waals surface area (Å²) in [4.78, 5) is 10.3. The summed E-state index contributed by atoms with van der Waals surface area (Å²) < 4.78 is 0. The van der Waals surface area contributed by atoms with Gasteiger partial charge in [0.15, 0.2) is 0 Å². The van der Waals surface area contributed by atoms with Gasteiger partial charge in [-0.2, -0.15) is 5.10 Å². The smallest absolute Gasteiger partial charge is 0.270 e. The predicted octanol–water partition coefficient (Wildman–Crippen LogP) is 1.75. The topological polar surface area (TPSA) is 97.8 Å². The van der Waals surface area contributed by atoms with Gasteiger partial charge in [-0.15, -0.1) is 0 Å². The van der Waals surface area contributed by atoms with Gasteiger partial charge in [0.25, 0.3) is 5.69 Å². The van der Waals surface area contributed by atoms with Gasteiger partial charge in [-0.25, -0.2) is 0 Å². The fourth-order valence-electron chi connectivity index (χ4n) is 1.69. The Balaban J connectivity index is 2.58. The molecule has 17 heavy (non-hydrogen) atoms. The lowest BCUT2D eigenvalue weighted by Crippen LogP contribution is -1.98. The number of aryl methyl sites for hydroxylation is 1. The van der Waals surface area contributed by atoms with E-state index in [2.05, 4.69) is 10.2 Å². The molecule has 1 heterocycles. The number of non-ortho nitro benzene ring substituents is 1. The molecule has 0 saturated carbocycles. The Morgan fingerprint density at radius 3 is 2.94 bits per heavy atom. The van der Waals surface area contributed by atoms with E-state index in [1.165, 1.54) is 12.1 Å². The first-order valence-corrected chi connectivity index (χ1v) is 5.11. The van der Waals surface area contributed by atoms with Gasteiger partial charge in [-0.3, -0.25) is 15.2 Å². The van der Waals surface area contributed by atoms with E-state index in [-0.39, 0.29) is 5.69 Å². The second-order valence-corrected chi connectivity index (χ2v) is 3.73. The van der Waals surface area contributed by atoms with Crippen LogP contribution in [-0.4, -0.2) is 15.1 Å². The number of H-pyrrole nitrogens is 1. The van der Waals surface area contributed by atoms with Crippen LogP contribution < -0.4 is 5.73 Å². The van der Waals surface area contributed by atoms with Gasteiger partial charge < -0.3 is 5.73 Å². The van der Waals surface area contributed by atoms with Crippen molar-refractivity contribution in [3.63, 3.8) is 0 Å². The Morgan fingerprint density at radius 1 is 1.53 bits per heavy atom. The summed E-state index contributed by atoms with van der Waals surface area (Å²) in [6.45, 7) is 2.23. The monoisotopic (exact) mass is 232 g/mol. The lowest BCUT2D eigenvalue weighted by molar-refractivity contribution is -0.384. The zero-order valence-electron chi connectivity index (χ0n) is 9.30. The van der Waals surface area contributed by atoms with E-state index >= 15 is 0 Å². The van der Waals surface area contributed by atoms with Crippen LogP contribution in [0, 0.1) is 17.0 Å². The molecule has 2 aromatic rings. The highest BCUT2D eigenvalue weighted by atomic mass is 16.6. The lowest BCUT2D eigenvalue weighted by Gasteiger charge is -2.05. The quantitative estimate of drug-likeness (QED) is 0.622. The molecule has 0 amide bonds. The van der Waals surface area contributed by atoms with E-state index in [0.29, 0.717) is 6.54 Å². The molecular formula is C11H12N4O2. The number of benzene rings is 1. The SMILES string of the molecule is Cc1ccc([N+](=O)[O-])cc1-c1[nH]ncc1CN. The first-order valence-electron chi connectivity index (χ1n) is 5.11. The summed E-state index contributed by atoms with van der Waals surface area (Å²) in [6, 6.07) is 4.73. The molecule has 88 valence electrons. The number of hydrogen-bond donors (Lipinski definition) is 2. The van der Waals surface area contributed by atoms with Crippen LogP contribution in [-0.2, 0) is 6.54 Å². The second-order valence-electron chi connectivity index (χ2n) is 3.73. The molecular weight excluding hydrogens is 220 g/mol. The third-order valence-corrected chi connectivity index (χ3v) is 2.64. The number of nitrogens with zero attached hydrogens (tertiary/aromatic N) is 2. The number of nitrogens with two attached hydrogens (primary N) is 1. The highest BCUT2D eigenvalue weighted by Crippen LogP contribution is 2.28. The van der Waals surface area contributed by atoms with Crippen molar-refractivity contribution in [1.82, 2.24) is 10.2 Å². The standard InChI is InChI=1S/C11H12N4O2/c1-7-2-3-9(15(16)17)4-10(7)11-8(5-12)6-13-14-11/h2-4,6H,5,12H2,1H3,(H,13,14). The summed E-state index contributed by atoms with van der Waals surface area (Å²) in [6.07, 6.45) is 1.63. The van der Waals surface area contributed by atoms with Crippen LogP contribution in [0.25, 0.3) is 11.3 Å². The van der Waals surface area contributed by atoms with Crippen molar-refractivity contribution in [2.45, 2.75) is 13.5 Å². The van der Waals surface area contributed by atoms with E-state index in [1.54, 1.807) is 12.3 Å². The van der Waals surface area contributed by atoms with Crippen molar-refractivity contribution in [1.29, 1.82) is 0 Å². The number of nitrogens with one attached hydrogen (secondary N) is 1. The molecule has 0 aliphatic rings. The maximum Gasteiger partial charge on any atom is 0.270 e. The van der Waals surface area contributed by atoms with E-state index < -0.39 is 4.92 Å². The van der Waals surface area contributed by atoms with Crippen LogP contribution in [0.2, 0.25) is 0 Å². The molecule has 1 aromatic heterocycles. The van der Waals surface area contributed by atoms with Gasteiger partial charge in [0.1, 0.15) is 0 Å². The summed E-state index contributed by atoms with van der Waals surface area (Å²) >= 11 is 0. The van der Waals surface area contributed by atoms with Crippen molar-refractivity contribution in [3.05, 3.63) is 45.6 Å². The molecule has 0 fully saturated rings. The zero-order valence-corrected chi connectivity index (χ0v) is 9.30. The van der Waals surface area contributed by atoms with Crippen LogP contribution in [0.15, 0.2) is 24.4 Å². The molecule has 0 bridgehead atoms. The number of nitro groups is 1. The molecule has 0 spiro atoms. The fourth-order valence-corrected chi connectivity index (χ4v) is 1.69. The molecule has 6 heteroatoms. The van der Waals surface area contributed by atoms with Gasteiger partial charge in [0.2, 0.25) is 0 Å². The Morgan fingerprint density at radius 2 is 2.29 bits per heavy atom. The Kier molecular flexibility index (Phi) is 2.88. The minimum Gasteiger partial charge on any atom is -0.326 e. The van der Waals surface area contributed by atoms with E-state index in [4.69, 9.17) is 5.73 Å². The Hall–Kier alpha value is -2.21. The lowest BCUT2D eigenvalue weighted by atomic mass is 10.0. The maximum absolute atomic E-state index is 10.7. The predicted molar refractivity (Wildman–Crippen MR) is 63.3 cm³/mol. The van der Waals surface area contributed by atoms with Crippen LogP contribution >= 0.6 is 0 Å². The second kappa shape index (κ2) is 4.34. The minimum absolute atomic E-state index is 0.0585. The first-order chi connectivity index (χ1) is 8.13. The molecule has 0 unspecified atom stereocenters. The van der Waals surface area contributed by atoms with E-state index in [1.807, 2.05) is 6.92 Å². The summed E-state index contributed by atoms with van der Waals surface area (Å²) in [5.41, 5.74) is 8.93. The third-order valence-electron chi connectivity index (χ3n) is 2.64. The van der Waals surface area contributed by atoms with Crippen molar-refractivity contribution in [2.75, 3.05) is 0 Å². The Bertz CT molecular complexity index is 562. The largest absolute Gasteiger partial charge is 0.326 e. The molecule has 0 saturated heterocycles. The van der Waals surface area contributed by atoms with Crippen molar-refractivity contribution in [2.24, 2.45) is 5.73 Å². The van der Waals surface area contributed by atoms with Crippen LogP contribution in [0.5, 0.6) is 0 Å². The van der Waals surface area contributed by atoms with Crippen molar-refractivity contribution >= 4 is 5.69 Å². The van der Waals surface area contributed by atoms with Gasteiger partial charge >= 0.3 is 0 Å². The van der Waals surface area contributed by atoms with Gasteiger partial charge in [-0.05, 0) is 12.5 Å². The van der Waals surface area contributed by atoms with Crippen molar-refractivity contribution < 1.29 is 4.92 Å². The molecule has 3 N–H and O–H groups in total. The fraction of sp³-hybridized carbons (Fsp3) is 0.182. The van der Waals surface area contributed by atoms with Crippen LogP contribution in [0.4, 0.5) is 5.69 Å². The molecule has 0 aliphatic heterocycles. The van der Waals surface area contributed by atoms with Gasteiger partial charge in [0.05, 0.1) is 16.8 Å². The molecule has 1 aromatic carbocycles. The highest BCUT2D eigenvalue weighted by Gasteiger charge is 2.13. The average molecular weight is 232 g/mol. The van der Waals surface area contributed by atoms with Crippen LogP contribution in [0.3, 0.4) is 0 Å². The molecule has 6 nitrogen and oxygen atoms in total. The maximum atomic E-state index is 10.7. The van der Waals surface area contributed by atoms with Crippen LogP contribution in [0.1, 0.15) is 11.1 Å². The van der Waals surface area contributed by atoms with Crippen molar-refractivity contribution in [3.8, 4) is 11.3 Å². The van der Waals surface area contributed by atoms with E-state index in [9.17, 15) is 10.1 Å². The Labute approximate surface area is 97.6 Å². The van der Waals surface area contributed by atoms with Gasteiger partial charge in [0, 0.05) is 29.8 Å². The summed E-state index contributed by atoms with van der Waals surface area (Å²) in [7, 11) is 0. The summed E-state index contributed by atoms with van der Waals surface area (Å²) in [5.74, 6) is 0. The first kappa shape index (κ1) is 11.3. The molecule has 0 atom stereocenters. The summed E-state index contributed by atoms with van der Waals surface area (Å²) in [5, 5.41) is 17.5. The number of aromatic nitrogens is 2. The highest BCUT2D eigenvalue weighted by molar-refractivity contribution is 5.69. The number of rotatable bonds is 3. The van der Waals surface area contributed by atoms with E-state index in [0.717, 1.165) is 22.4 Å². The molecule has 0 aliphatic carbocycles. The van der Waals surface area contributed by atoms with Gasteiger partial charge in [-0.1, -0.05) is 6.07 Å². The number of aromatic amines is 1.